The van der Waals surface area contributed by atoms with Gasteiger partial charge in [0.2, 0.25) is 5.76 Å². The molecule has 39 heavy (non-hydrogen) atoms. The highest BCUT2D eigenvalue weighted by Gasteiger charge is 2.40. The number of aliphatic hydroxyl groups is 5. The van der Waals surface area contributed by atoms with Gasteiger partial charge in [0.1, 0.15) is 35.6 Å². The number of aliphatic hydroxyl groups excluding tert-OH is 5. The maximum absolute atomic E-state index is 10.9. The van der Waals surface area contributed by atoms with Crippen molar-refractivity contribution in [3.63, 3.8) is 0 Å². The van der Waals surface area contributed by atoms with Crippen LogP contribution in [0.4, 0.5) is 0 Å². The zero-order chi connectivity index (χ0) is 28.4. The van der Waals surface area contributed by atoms with Gasteiger partial charge >= 0.3 is 0 Å². The van der Waals surface area contributed by atoms with Crippen molar-refractivity contribution in [1.82, 2.24) is 0 Å². The first kappa shape index (κ1) is 28.0. The van der Waals surface area contributed by atoms with Gasteiger partial charge in [-0.2, -0.15) is 0 Å². The van der Waals surface area contributed by atoms with Crippen LogP contribution in [-0.4, -0.2) is 75.9 Å². The standard InChI is InChI=1S/C28H32O11/c1-13(26-25(34)24(33)18-10-16(30)9-17(35-3)11-21(18)38-26)7-20(32)27-14(2)37-28(23(12-29)39-27)15-5-6-19(31)22(8-15)36-4/h5-9,11,23-26,28-34H,2,10,12H2,1,3-4H3/b13-7+,27-20-. The van der Waals surface area contributed by atoms with E-state index in [1.807, 2.05) is 0 Å². The lowest BCUT2D eigenvalue weighted by atomic mass is 9.90. The van der Waals surface area contributed by atoms with Crippen molar-refractivity contribution >= 4 is 0 Å². The molecule has 6 N–H and O–H groups in total. The summed E-state index contributed by atoms with van der Waals surface area (Å²) in [5.41, 5.74) is 1.16. The van der Waals surface area contributed by atoms with E-state index in [0.717, 1.165) is 0 Å². The second kappa shape index (κ2) is 11.4. The smallest absolute Gasteiger partial charge is 0.203 e. The third-order valence-electron chi connectivity index (χ3n) is 6.64. The molecule has 0 aromatic heterocycles. The van der Waals surface area contributed by atoms with E-state index in [9.17, 15) is 30.6 Å². The van der Waals surface area contributed by atoms with Crippen LogP contribution < -0.4 is 4.74 Å². The summed E-state index contributed by atoms with van der Waals surface area (Å²) >= 11 is 0. The lowest BCUT2D eigenvalue weighted by Gasteiger charge is -2.36. The van der Waals surface area contributed by atoms with E-state index >= 15 is 0 Å². The molecule has 3 aliphatic rings. The third kappa shape index (κ3) is 5.56. The number of aromatic hydroxyl groups is 1. The van der Waals surface area contributed by atoms with Gasteiger partial charge in [0.15, 0.2) is 35.2 Å². The summed E-state index contributed by atoms with van der Waals surface area (Å²) in [4.78, 5) is 0. The Balaban J connectivity index is 1.60. The summed E-state index contributed by atoms with van der Waals surface area (Å²) < 4.78 is 28.0. The Labute approximate surface area is 225 Å². The number of phenolic OH excluding ortho intramolecular Hbond substituents is 1. The van der Waals surface area contributed by atoms with Crippen molar-refractivity contribution < 1.29 is 54.3 Å². The Hall–Kier alpha value is -4.06. The van der Waals surface area contributed by atoms with E-state index in [4.69, 9.17) is 23.7 Å². The first-order chi connectivity index (χ1) is 18.6. The van der Waals surface area contributed by atoms with Gasteiger partial charge in [0.05, 0.1) is 20.8 Å². The normalized spacial score (nSPS) is 28.6. The van der Waals surface area contributed by atoms with Crippen LogP contribution in [0.25, 0.3) is 0 Å². The van der Waals surface area contributed by atoms with Crippen LogP contribution in [0.3, 0.4) is 0 Å². The number of methoxy groups -OCH3 is 2. The zero-order valence-corrected chi connectivity index (χ0v) is 21.7. The lowest BCUT2D eigenvalue weighted by molar-refractivity contribution is -0.0922. The van der Waals surface area contributed by atoms with Crippen LogP contribution in [0.15, 0.2) is 88.7 Å². The minimum absolute atomic E-state index is 0.0218. The largest absolute Gasteiger partial charge is 0.512 e. The van der Waals surface area contributed by atoms with Crippen molar-refractivity contribution in [3.05, 3.63) is 94.3 Å². The van der Waals surface area contributed by atoms with Gasteiger partial charge in [-0.1, -0.05) is 12.6 Å². The molecule has 0 bridgehead atoms. The van der Waals surface area contributed by atoms with Crippen molar-refractivity contribution in [1.29, 1.82) is 0 Å². The monoisotopic (exact) mass is 544 g/mol. The van der Waals surface area contributed by atoms with Crippen LogP contribution in [0.1, 0.15) is 25.0 Å². The molecule has 5 unspecified atom stereocenters. The SMILES string of the molecule is C=C1OC(c2ccc(O)c(OC)c2)C(CO)O/C1=C(O)/C=C(\C)C1OC2=C(CC(O)=CC(OC)=C2)C(O)C1O. The molecule has 4 rings (SSSR count). The first-order valence-corrected chi connectivity index (χ1v) is 12.1. The fourth-order valence-electron chi connectivity index (χ4n) is 4.59. The fraction of sp³-hybridized carbons (Fsp3) is 0.357. The lowest BCUT2D eigenvalue weighted by Crippen LogP contribution is -2.45. The summed E-state index contributed by atoms with van der Waals surface area (Å²) in [7, 11) is 2.82. The Bertz CT molecular complexity index is 1290. The molecule has 0 spiro atoms. The predicted molar refractivity (Wildman–Crippen MR) is 137 cm³/mol. The second-order valence-electron chi connectivity index (χ2n) is 9.26. The average molecular weight is 545 g/mol. The van der Waals surface area contributed by atoms with Crippen LogP contribution >= 0.6 is 0 Å². The van der Waals surface area contributed by atoms with Gasteiger partial charge in [-0.25, -0.2) is 0 Å². The van der Waals surface area contributed by atoms with Gasteiger partial charge < -0.3 is 54.3 Å². The summed E-state index contributed by atoms with van der Waals surface area (Å²) in [6.45, 7) is 4.93. The molecular formula is C28H32O11. The minimum Gasteiger partial charge on any atom is -0.512 e. The molecule has 11 nitrogen and oxygen atoms in total. The Morgan fingerprint density at radius 2 is 1.85 bits per heavy atom. The van der Waals surface area contributed by atoms with E-state index in [2.05, 4.69) is 6.58 Å². The molecule has 1 saturated heterocycles. The molecule has 11 heteroatoms. The summed E-state index contributed by atoms with van der Waals surface area (Å²) in [5, 5.41) is 62.4. The molecule has 1 aliphatic carbocycles. The topological polar surface area (TPSA) is 168 Å². The summed E-state index contributed by atoms with van der Waals surface area (Å²) in [6.07, 6.45) is -1.46. The summed E-state index contributed by atoms with van der Waals surface area (Å²) in [5.74, 6) is 0.0394. The quantitative estimate of drug-likeness (QED) is 0.291. The molecule has 1 aromatic carbocycles. The highest BCUT2D eigenvalue weighted by atomic mass is 16.6. The van der Waals surface area contributed by atoms with Gasteiger partial charge in [-0.15, -0.1) is 0 Å². The van der Waals surface area contributed by atoms with E-state index in [-0.39, 0.29) is 46.5 Å². The van der Waals surface area contributed by atoms with Crippen molar-refractivity contribution in [3.8, 4) is 11.5 Å². The first-order valence-electron chi connectivity index (χ1n) is 12.1. The number of hydrogen-bond acceptors (Lipinski definition) is 11. The maximum Gasteiger partial charge on any atom is 0.203 e. The Morgan fingerprint density at radius 3 is 2.51 bits per heavy atom. The van der Waals surface area contributed by atoms with Crippen LogP contribution in [0, 0.1) is 0 Å². The molecule has 1 aromatic rings. The van der Waals surface area contributed by atoms with Crippen molar-refractivity contribution in [2.24, 2.45) is 0 Å². The molecule has 5 atom stereocenters. The third-order valence-corrected chi connectivity index (χ3v) is 6.64. The predicted octanol–water partition coefficient (Wildman–Crippen LogP) is 2.83. The highest BCUT2D eigenvalue weighted by molar-refractivity contribution is 5.44. The minimum atomic E-state index is -1.41. The molecular weight excluding hydrogens is 512 g/mol. The van der Waals surface area contributed by atoms with E-state index in [1.54, 1.807) is 19.1 Å². The van der Waals surface area contributed by atoms with Crippen LogP contribution in [-0.2, 0) is 18.9 Å². The number of allylic oxidation sites excluding steroid dienone is 4. The number of benzene rings is 1. The molecule has 0 amide bonds. The molecule has 0 saturated carbocycles. The van der Waals surface area contributed by atoms with Gasteiger partial charge in [-0.3, -0.25) is 0 Å². The second-order valence-corrected chi connectivity index (χ2v) is 9.26. The molecule has 2 aliphatic heterocycles. The van der Waals surface area contributed by atoms with Gasteiger partial charge in [0.25, 0.3) is 0 Å². The van der Waals surface area contributed by atoms with Crippen LogP contribution in [0.5, 0.6) is 11.5 Å². The average Bonchev–Trinajstić information content (AvgIpc) is 3.08. The molecule has 1 fully saturated rings. The molecule has 210 valence electrons. The van der Waals surface area contributed by atoms with Gasteiger partial charge in [-0.05, 0) is 30.7 Å². The number of ether oxygens (including phenoxy) is 5. The van der Waals surface area contributed by atoms with Crippen LogP contribution in [0.2, 0.25) is 0 Å². The fourth-order valence-corrected chi connectivity index (χ4v) is 4.59. The zero-order valence-electron chi connectivity index (χ0n) is 21.7. The molecule has 0 radical (unpaired) electrons. The molecule has 2 heterocycles. The number of hydrogen-bond donors (Lipinski definition) is 6. The van der Waals surface area contributed by atoms with E-state index < -0.39 is 42.9 Å². The van der Waals surface area contributed by atoms with E-state index in [0.29, 0.717) is 16.9 Å². The highest BCUT2D eigenvalue weighted by Crippen LogP contribution is 2.40. The Morgan fingerprint density at radius 1 is 1.10 bits per heavy atom. The van der Waals surface area contributed by atoms with Gasteiger partial charge in [0, 0.05) is 29.7 Å². The maximum atomic E-state index is 10.9. The van der Waals surface area contributed by atoms with Crippen molar-refractivity contribution in [2.75, 3.05) is 20.8 Å². The van der Waals surface area contributed by atoms with Crippen molar-refractivity contribution in [2.45, 2.75) is 43.9 Å². The van der Waals surface area contributed by atoms with E-state index in [1.165, 1.54) is 38.5 Å². The number of rotatable bonds is 6. The summed E-state index contributed by atoms with van der Waals surface area (Å²) in [6, 6.07) is 4.55. The Kier molecular flexibility index (Phi) is 8.14. The number of phenols is 1.